The van der Waals surface area contributed by atoms with Crippen LogP contribution in [0.5, 0.6) is 0 Å². The summed E-state index contributed by atoms with van der Waals surface area (Å²) in [7, 11) is 0. The monoisotopic (exact) mass is 667 g/mol. The maximum absolute atomic E-state index is 6.76. The summed E-state index contributed by atoms with van der Waals surface area (Å²) in [5.74, 6) is 0. The molecule has 0 bridgehead atoms. The lowest BCUT2D eigenvalue weighted by atomic mass is 9.93. The summed E-state index contributed by atoms with van der Waals surface area (Å²) in [6, 6.07) is 63.7. The Morgan fingerprint density at radius 3 is 1.78 bits per heavy atom. The van der Waals surface area contributed by atoms with Crippen molar-refractivity contribution in [2.75, 3.05) is 0 Å². The van der Waals surface area contributed by atoms with Crippen LogP contribution in [0.3, 0.4) is 0 Å². The Morgan fingerprint density at radius 2 is 1.02 bits per heavy atom. The van der Waals surface area contributed by atoms with E-state index in [0.29, 0.717) is 0 Å². The van der Waals surface area contributed by atoms with Crippen molar-refractivity contribution in [3.63, 3.8) is 0 Å². The van der Waals surface area contributed by atoms with Gasteiger partial charge in [0.2, 0.25) is 0 Å². The predicted octanol–water partition coefficient (Wildman–Crippen LogP) is 14.1. The number of rotatable bonds is 4. The Labute approximate surface area is 298 Å². The largest absolute Gasteiger partial charge is 0.454 e. The van der Waals surface area contributed by atoms with Crippen LogP contribution in [0.25, 0.3) is 103 Å². The van der Waals surface area contributed by atoms with Crippen LogP contribution in [-0.4, -0.2) is 4.57 Å². The molecule has 3 heteroatoms. The number of hydrogen-bond donors (Lipinski definition) is 0. The summed E-state index contributed by atoms with van der Waals surface area (Å²) in [6.45, 7) is 0. The van der Waals surface area contributed by atoms with Gasteiger partial charge >= 0.3 is 0 Å². The van der Waals surface area contributed by atoms with E-state index in [9.17, 15) is 0 Å². The van der Waals surface area contributed by atoms with Crippen LogP contribution in [0.4, 0.5) is 0 Å². The molecule has 2 nitrogen and oxygen atoms in total. The van der Waals surface area contributed by atoms with Crippen LogP contribution in [0, 0.1) is 0 Å². The van der Waals surface area contributed by atoms with E-state index in [4.69, 9.17) is 4.42 Å². The first-order chi connectivity index (χ1) is 25.3. The maximum atomic E-state index is 6.76. The summed E-state index contributed by atoms with van der Waals surface area (Å²) < 4.78 is 11.8. The Bertz CT molecular complexity index is 3070. The average molecular weight is 668 g/mol. The number of furan rings is 1. The quantitative estimate of drug-likeness (QED) is 0.183. The molecule has 11 rings (SSSR count). The molecule has 0 N–H and O–H groups in total. The third-order valence-corrected chi connectivity index (χ3v) is 11.6. The molecule has 3 heterocycles. The van der Waals surface area contributed by atoms with Crippen molar-refractivity contribution < 1.29 is 4.42 Å². The zero-order chi connectivity index (χ0) is 33.5. The normalized spacial score (nSPS) is 11.9. The van der Waals surface area contributed by atoms with E-state index >= 15 is 0 Å². The van der Waals surface area contributed by atoms with Gasteiger partial charge in [0.15, 0.2) is 5.58 Å². The number of benzene rings is 8. The lowest BCUT2D eigenvalue weighted by molar-refractivity contribution is 0.671. The minimum atomic E-state index is 0.906. The minimum absolute atomic E-state index is 0.906. The lowest BCUT2D eigenvalue weighted by Gasteiger charge is -2.12. The number of hydrogen-bond acceptors (Lipinski definition) is 2. The summed E-state index contributed by atoms with van der Waals surface area (Å²) in [5, 5.41) is 7.23. The highest BCUT2D eigenvalue weighted by Crippen LogP contribution is 2.45. The van der Waals surface area contributed by atoms with E-state index in [-0.39, 0.29) is 0 Å². The van der Waals surface area contributed by atoms with Gasteiger partial charge < -0.3 is 8.98 Å². The fraction of sp³-hybridized carbons (Fsp3) is 0. The van der Waals surface area contributed by atoms with Gasteiger partial charge in [-0.1, -0.05) is 121 Å². The van der Waals surface area contributed by atoms with Crippen LogP contribution in [0.15, 0.2) is 180 Å². The highest BCUT2D eigenvalue weighted by atomic mass is 32.1. The van der Waals surface area contributed by atoms with E-state index in [2.05, 4.69) is 180 Å². The smallest absolute Gasteiger partial charge is 0.160 e. The van der Waals surface area contributed by atoms with Gasteiger partial charge in [-0.25, -0.2) is 0 Å². The molecule has 0 aliphatic heterocycles. The zero-order valence-corrected chi connectivity index (χ0v) is 28.3. The molecule has 0 aliphatic carbocycles. The molecule has 0 radical (unpaired) electrons. The van der Waals surface area contributed by atoms with Gasteiger partial charge in [0.25, 0.3) is 0 Å². The summed E-state index contributed by atoms with van der Waals surface area (Å²) in [4.78, 5) is 0. The van der Waals surface area contributed by atoms with E-state index in [0.717, 1.165) is 33.0 Å². The molecule has 0 saturated heterocycles. The van der Waals surface area contributed by atoms with Crippen molar-refractivity contribution in [3.8, 4) is 39.1 Å². The third-order valence-electron chi connectivity index (χ3n) is 10.4. The van der Waals surface area contributed by atoms with E-state index < -0.39 is 0 Å². The molecule has 0 amide bonds. The van der Waals surface area contributed by atoms with Crippen LogP contribution >= 0.6 is 11.3 Å². The second kappa shape index (κ2) is 11.0. The molecule has 8 aromatic carbocycles. The summed E-state index contributed by atoms with van der Waals surface area (Å²) in [5.41, 5.74) is 12.5. The van der Waals surface area contributed by atoms with Gasteiger partial charge in [0.1, 0.15) is 5.58 Å². The van der Waals surface area contributed by atoms with Crippen molar-refractivity contribution >= 4 is 75.3 Å². The van der Waals surface area contributed by atoms with Gasteiger partial charge in [0, 0.05) is 37.0 Å². The molecule has 238 valence electrons. The third kappa shape index (κ3) is 4.35. The Morgan fingerprint density at radius 1 is 0.392 bits per heavy atom. The fourth-order valence-electron chi connectivity index (χ4n) is 8.01. The number of thiophene rings is 1. The van der Waals surface area contributed by atoms with Crippen molar-refractivity contribution in [1.82, 2.24) is 4.57 Å². The molecular weight excluding hydrogens is 639 g/mol. The van der Waals surface area contributed by atoms with E-state index in [1.807, 2.05) is 11.3 Å². The minimum Gasteiger partial charge on any atom is -0.454 e. The van der Waals surface area contributed by atoms with Crippen LogP contribution in [0.2, 0.25) is 0 Å². The standard InChI is InChI=1S/C48H29NOS/c1-3-12-30(13-4-1)33-26-34(31-14-5-2-6-15-31)28-35(27-33)32-22-25-42-41(29-32)38-23-24-39-36-16-7-9-20-44(36)50-47(39)46(38)49(42)43-19-11-18-40-37-17-8-10-21-45(37)51-48(40)43/h1-29H. The molecule has 51 heavy (non-hydrogen) atoms. The Balaban J connectivity index is 1.22. The van der Waals surface area contributed by atoms with Crippen LogP contribution in [-0.2, 0) is 0 Å². The number of fused-ring (bicyclic) bond motifs is 10. The maximum Gasteiger partial charge on any atom is 0.160 e. The highest BCUT2D eigenvalue weighted by molar-refractivity contribution is 7.26. The van der Waals surface area contributed by atoms with E-state index in [1.165, 1.54) is 70.0 Å². The second-order valence-corrected chi connectivity index (χ2v) is 14.3. The predicted molar refractivity (Wildman–Crippen MR) is 217 cm³/mol. The molecule has 3 aromatic heterocycles. The molecule has 0 fully saturated rings. The molecule has 0 saturated carbocycles. The topological polar surface area (TPSA) is 18.1 Å². The first-order valence-corrected chi connectivity index (χ1v) is 18.2. The lowest BCUT2D eigenvalue weighted by Crippen LogP contribution is -1.94. The van der Waals surface area contributed by atoms with Crippen molar-refractivity contribution in [3.05, 3.63) is 176 Å². The van der Waals surface area contributed by atoms with E-state index in [1.54, 1.807) is 0 Å². The second-order valence-electron chi connectivity index (χ2n) is 13.3. The van der Waals surface area contributed by atoms with Gasteiger partial charge in [-0.2, -0.15) is 0 Å². The molecule has 0 spiro atoms. The van der Waals surface area contributed by atoms with Gasteiger partial charge in [-0.05, 0) is 88.0 Å². The SMILES string of the molecule is c1ccc(-c2cc(-c3ccccc3)cc(-c3ccc4c(c3)c3ccc5c6ccccc6oc5c3n4-c3cccc4c3sc3ccccc34)c2)cc1. The number of para-hydroxylation sites is 1. The summed E-state index contributed by atoms with van der Waals surface area (Å²) >= 11 is 1.86. The van der Waals surface area contributed by atoms with Crippen LogP contribution < -0.4 is 0 Å². The number of aromatic nitrogens is 1. The highest BCUT2D eigenvalue weighted by Gasteiger charge is 2.22. The number of nitrogens with zero attached hydrogens (tertiary/aromatic N) is 1. The first-order valence-electron chi connectivity index (χ1n) is 17.3. The Kier molecular flexibility index (Phi) is 6.16. The zero-order valence-electron chi connectivity index (χ0n) is 27.5. The molecular formula is C48H29NOS. The molecule has 0 aliphatic rings. The van der Waals surface area contributed by atoms with Gasteiger partial charge in [-0.15, -0.1) is 11.3 Å². The molecule has 0 atom stereocenters. The first kappa shape index (κ1) is 28.4. The van der Waals surface area contributed by atoms with Crippen molar-refractivity contribution in [1.29, 1.82) is 0 Å². The van der Waals surface area contributed by atoms with Crippen molar-refractivity contribution in [2.24, 2.45) is 0 Å². The molecule has 11 aromatic rings. The summed E-state index contributed by atoms with van der Waals surface area (Å²) in [6.07, 6.45) is 0. The van der Waals surface area contributed by atoms with Gasteiger partial charge in [0.05, 0.1) is 21.4 Å². The van der Waals surface area contributed by atoms with Crippen LogP contribution in [0.1, 0.15) is 0 Å². The Hall–Kier alpha value is -6.42. The fourth-order valence-corrected chi connectivity index (χ4v) is 9.21. The van der Waals surface area contributed by atoms with Crippen molar-refractivity contribution in [2.45, 2.75) is 0 Å². The molecule has 0 unspecified atom stereocenters. The average Bonchev–Trinajstić information content (AvgIpc) is 3.88. The van der Waals surface area contributed by atoms with Gasteiger partial charge in [-0.3, -0.25) is 0 Å².